The molecule has 0 bridgehead atoms. The molecule has 3 rings (SSSR count). The highest BCUT2D eigenvalue weighted by Crippen LogP contribution is 2.22. The van der Waals surface area contributed by atoms with Crippen LogP contribution < -0.4 is 10.2 Å². The minimum absolute atomic E-state index is 0.815. The number of nitrogens with zero attached hydrogens (tertiary/aromatic N) is 4. The first-order valence-corrected chi connectivity index (χ1v) is 10.3. The molecule has 0 amide bonds. The number of aromatic nitrogens is 1. The predicted molar refractivity (Wildman–Crippen MR) is 110 cm³/mol. The fourth-order valence-electron chi connectivity index (χ4n) is 2.87. The van der Waals surface area contributed by atoms with Crippen molar-refractivity contribution < 1.29 is 0 Å². The topological polar surface area (TPSA) is 43.8 Å². The second kappa shape index (κ2) is 9.20. The molecule has 0 aliphatic carbocycles. The molecular formula is C18H24BrN5S. The zero-order chi connectivity index (χ0) is 17.5. The molecule has 0 unspecified atom stereocenters. The number of halogens is 1. The van der Waals surface area contributed by atoms with Crippen LogP contribution in [0.15, 0.2) is 45.3 Å². The number of pyridine rings is 1. The normalized spacial score (nSPS) is 15.5. The van der Waals surface area contributed by atoms with Gasteiger partial charge in [-0.15, -0.1) is 11.3 Å². The summed E-state index contributed by atoms with van der Waals surface area (Å²) >= 11 is 5.30. The van der Waals surface area contributed by atoms with Crippen molar-refractivity contribution in [3.63, 3.8) is 0 Å². The Bertz CT molecular complexity index is 680. The van der Waals surface area contributed by atoms with Crippen LogP contribution in [0.1, 0.15) is 11.8 Å². The SMILES string of the molecule is CCNC(=NCCc1ccc(Br)s1)N1CCN(c2ccccn2)CC1. The summed E-state index contributed by atoms with van der Waals surface area (Å²) in [4.78, 5) is 15.3. The molecule has 5 nitrogen and oxygen atoms in total. The van der Waals surface area contributed by atoms with Gasteiger partial charge in [-0.3, -0.25) is 4.99 Å². The van der Waals surface area contributed by atoms with Crippen molar-refractivity contribution in [1.29, 1.82) is 0 Å². The fourth-order valence-corrected chi connectivity index (χ4v) is 4.34. The Morgan fingerprint density at radius 2 is 2.08 bits per heavy atom. The average Bonchev–Trinajstić information content (AvgIpc) is 3.07. The number of thiophene rings is 1. The molecule has 1 aliphatic rings. The first-order valence-electron chi connectivity index (χ1n) is 8.69. The third kappa shape index (κ3) is 5.19. The number of hydrogen-bond donors (Lipinski definition) is 1. The van der Waals surface area contributed by atoms with Crippen molar-refractivity contribution in [3.8, 4) is 0 Å². The summed E-state index contributed by atoms with van der Waals surface area (Å²) < 4.78 is 1.18. The molecule has 1 N–H and O–H groups in total. The van der Waals surface area contributed by atoms with Crippen molar-refractivity contribution >= 4 is 39.0 Å². The van der Waals surface area contributed by atoms with Gasteiger partial charge < -0.3 is 15.1 Å². The van der Waals surface area contributed by atoms with Crippen LogP contribution in [-0.4, -0.2) is 55.1 Å². The summed E-state index contributed by atoms with van der Waals surface area (Å²) in [5.74, 6) is 2.09. The number of piperazine rings is 1. The van der Waals surface area contributed by atoms with Crippen LogP contribution in [0.5, 0.6) is 0 Å². The lowest BCUT2D eigenvalue weighted by atomic mass is 10.3. The lowest BCUT2D eigenvalue weighted by Crippen LogP contribution is -2.52. The van der Waals surface area contributed by atoms with Crippen LogP contribution in [0.4, 0.5) is 5.82 Å². The van der Waals surface area contributed by atoms with Gasteiger partial charge in [-0.25, -0.2) is 4.98 Å². The van der Waals surface area contributed by atoms with Gasteiger partial charge in [0.1, 0.15) is 5.82 Å². The summed E-state index contributed by atoms with van der Waals surface area (Å²) in [6, 6.07) is 10.4. The molecule has 0 spiro atoms. The van der Waals surface area contributed by atoms with Gasteiger partial charge in [0.25, 0.3) is 0 Å². The standard InChI is InChI=1S/C18H24BrN5S/c1-2-20-18(22-10-8-15-6-7-16(19)25-15)24-13-11-23(12-14-24)17-5-3-4-9-21-17/h3-7,9H,2,8,10-14H2,1H3,(H,20,22). The molecule has 1 fully saturated rings. The van der Waals surface area contributed by atoms with E-state index < -0.39 is 0 Å². The Morgan fingerprint density at radius 3 is 2.72 bits per heavy atom. The van der Waals surface area contributed by atoms with Crippen molar-refractivity contribution in [2.75, 3.05) is 44.2 Å². The Balaban J connectivity index is 1.55. The minimum atomic E-state index is 0.815. The Hall–Kier alpha value is -1.60. The maximum absolute atomic E-state index is 4.83. The van der Waals surface area contributed by atoms with Gasteiger partial charge in [-0.2, -0.15) is 0 Å². The van der Waals surface area contributed by atoms with Gasteiger partial charge in [0.2, 0.25) is 0 Å². The zero-order valence-electron chi connectivity index (χ0n) is 14.5. The Kier molecular flexibility index (Phi) is 6.69. The summed E-state index contributed by atoms with van der Waals surface area (Å²) in [6.45, 7) is 7.70. The lowest BCUT2D eigenvalue weighted by Gasteiger charge is -2.37. The number of anilines is 1. The van der Waals surface area contributed by atoms with E-state index in [9.17, 15) is 0 Å². The summed E-state index contributed by atoms with van der Waals surface area (Å²) in [5.41, 5.74) is 0. The number of aliphatic imine (C=N–C) groups is 1. The second-order valence-electron chi connectivity index (χ2n) is 5.85. The highest BCUT2D eigenvalue weighted by atomic mass is 79.9. The minimum Gasteiger partial charge on any atom is -0.357 e. The van der Waals surface area contributed by atoms with E-state index in [1.165, 1.54) is 8.66 Å². The van der Waals surface area contributed by atoms with E-state index in [0.29, 0.717) is 0 Å². The number of rotatable bonds is 5. The van der Waals surface area contributed by atoms with E-state index in [2.05, 4.69) is 61.2 Å². The Labute approximate surface area is 161 Å². The third-order valence-corrected chi connectivity index (χ3v) is 5.82. The molecule has 2 aromatic rings. The zero-order valence-corrected chi connectivity index (χ0v) is 16.9. The molecule has 3 heterocycles. The summed E-state index contributed by atoms with van der Waals surface area (Å²) in [5, 5.41) is 3.43. The van der Waals surface area contributed by atoms with Gasteiger partial charge in [0.15, 0.2) is 5.96 Å². The maximum Gasteiger partial charge on any atom is 0.194 e. The van der Waals surface area contributed by atoms with Crippen molar-refractivity contribution in [3.05, 3.63) is 45.2 Å². The van der Waals surface area contributed by atoms with Crippen LogP contribution in [0.3, 0.4) is 0 Å². The molecule has 0 radical (unpaired) electrons. The third-order valence-electron chi connectivity index (χ3n) is 4.14. The molecule has 0 saturated carbocycles. The quantitative estimate of drug-likeness (QED) is 0.594. The van der Waals surface area contributed by atoms with E-state index in [1.54, 1.807) is 11.3 Å². The van der Waals surface area contributed by atoms with Crippen LogP contribution in [0.2, 0.25) is 0 Å². The molecule has 1 saturated heterocycles. The molecule has 7 heteroatoms. The first-order chi connectivity index (χ1) is 12.3. The molecule has 0 aromatic carbocycles. The van der Waals surface area contributed by atoms with Crippen molar-refractivity contribution in [1.82, 2.24) is 15.2 Å². The summed E-state index contributed by atoms with van der Waals surface area (Å²) in [6.07, 6.45) is 2.84. The maximum atomic E-state index is 4.83. The van der Waals surface area contributed by atoms with Crippen LogP contribution in [0.25, 0.3) is 0 Å². The van der Waals surface area contributed by atoms with Gasteiger partial charge in [0, 0.05) is 56.8 Å². The number of nitrogens with one attached hydrogen (secondary N) is 1. The van der Waals surface area contributed by atoms with E-state index >= 15 is 0 Å². The number of hydrogen-bond acceptors (Lipinski definition) is 4. The van der Waals surface area contributed by atoms with Gasteiger partial charge >= 0.3 is 0 Å². The van der Waals surface area contributed by atoms with Gasteiger partial charge in [-0.1, -0.05) is 6.07 Å². The van der Waals surface area contributed by atoms with E-state index in [0.717, 1.165) is 57.5 Å². The highest BCUT2D eigenvalue weighted by Gasteiger charge is 2.20. The molecule has 134 valence electrons. The van der Waals surface area contributed by atoms with Crippen LogP contribution >= 0.6 is 27.3 Å². The molecule has 25 heavy (non-hydrogen) atoms. The van der Waals surface area contributed by atoms with Gasteiger partial charge in [-0.05, 0) is 47.1 Å². The van der Waals surface area contributed by atoms with Crippen molar-refractivity contribution in [2.24, 2.45) is 4.99 Å². The van der Waals surface area contributed by atoms with Crippen molar-refractivity contribution in [2.45, 2.75) is 13.3 Å². The van der Waals surface area contributed by atoms with E-state index in [4.69, 9.17) is 4.99 Å². The Morgan fingerprint density at radius 1 is 1.24 bits per heavy atom. The largest absolute Gasteiger partial charge is 0.357 e. The number of guanidine groups is 1. The first kappa shape index (κ1) is 18.2. The van der Waals surface area contributed by atoms with E-state index in [-0.39, 0.29) is 0 Å². The monoisotopic (exact) mass is 421 g/mol. The van der Waals surface area contributed by atoms with Crippen LogP contribution in [0, 0.1) is 0 Å². The lowest BCUT2D eigenvalue weighted by molar-refractivity contribution is 0.371. The smallest absolute Gasteiger partial charge is 0.194 e. The molecule has 0 atom stereocenters. The second-order valence-corrected chi connectivity index (χ2v) is 8.40. The average molecular weight is 422 g/mol. The summed E-state index contributed by atoms with van der Waals surface area (Å²) in [7, 11) is 0. The molecular weight excluding hydrogens is 398 g/mol. The van der Waals surface area contributed by atoms with Crippen LogP contribution in [-0.2, 0) is 6.42 Å². The van der Waals surface area contributed by atoms with E-state index in [1.807, 2.05) is 18.3 Å². The van der Waals surface area contributed by atoms with Gasteiger partial charge in [0.05, 0.1) is 3.79 Å². The molecule has 2 aromatic heterocycles. The predicted octanol–water partition coefficient (Wildman–Crippen LogP) is 3.24. The highest BCUT2D eigenvalue weighted by molar-refractivity contribution is 9.11. The molecule has 1 aliphatic heterocycles. The fraction of sp³-hybridized carbons (Fsp3) is 0.444.